The van der Waals surface area contributed by atoms with Crippen molar-refractivity contribution in [1.82, 2.24) is 20.4 Å². The van der Waals surface area contributed by atoms with Gasteiger partial charge in [-0.05, 0) is 43.4 Å². The second kappa shape index (κ2) is 12.2. The molecule has 1 atom stereocenters. The number of benzene rings is 1. The van der Waals surface area contributed by atoms with Crippen molar-refractivity contribution >= 4 is 5.96 Å². The highest BCUT2D eigenvalue weighted by atomic mass is 16.5. The smallest absolute Gasteiger partial charge is 0.191 e. The van der Waals surface area contributed by atoms with Crippen LogP contribution >= 0.6 is 0 Å². The van der Waals surface area contributed by atoms with E-state index >= 15 is 0 Å². The van der Waals surface area contributed by atoms with Gasteiger partial charge in [0.05, 0.1) is 19.2 Å². The van der Waals surface area contributed by atoms with Crippen LogP contribution in [0.1, 0.15) is 45.2 Å². The van der Waals surface area contributed by atoms with E-state index in [1.807, 2.05) is 16.9 Å². The van der Waals surface area contributed by atoms with Gasteiger partial charge >= 0.3 is 0 Å². The molecule has 6 heteroatoms. The van der Waals surface area contributed by atoms with Gasteiger partial charge in [-0.3, -0.25) is 4.68 Å². The molecular weight excluding hydrogens is 350 g/mol. The number of ether oxygens (including phenoxy) is 1. The van der Waals surface area contributed by atoms with Gasteiger partial charge in [-0.15, -0.1) is 0 Å². The predicted octanol–water partition coefficient (Wildman–Crippen LogP) is 3.44. The van der Waals surface area contributed by atoms with Gasteiger partial charge in [0.15, 0.2) is 5.96 Å². The molecule has 0 radical (unpaired) electrons. The van der Waals surface area contributed by atoms with Crippen molar-refractivity contribution < 1.29 is 4.74 Å². The monoisotopic (exact) mass is 385 g/mol. The van der Waals surface area contributed by atoms with Gasteiger partial charge in [0, 0.05) is 32.1 Å². The van der Waals surface area contributed by atoms with E-state index in [-0.39, 0.29) is 6.10 Å². The van der Waals surface area contributed by atoms with Gasteiger partial charge in [0.25, 0.3) is 0 Å². The van der Waals surface area contributed by atoms with Crippen LogP contribution in [0.5, 0.6) is 0 Å². The van der Waals surface area contributed by atoms with Gasteiger partial charge in [0.2, 0.25) is 0 Å². The number of guanidine groups is 1. The summed E-state index contributed by atoms with van der Waals surface area (Å²) in [6, 6.07) is 10.5. The van der Waals surface area contributed by atoms with Gasteiger partial charge in [-0.2, -0.15) is 5.10 Å². The molecule has 1 aromatic carbocycles. The SMILES string of the molecule is CCNC(=NCc1cccc(Cn2cccn2)c1)NCCC(OCC)C(C)C. The lowest BCUT2D eigenvalue weighted by molar-refractivity contribution is 0.0258. The molecule has 2 N–H and O–H groups in total. The number of hydrogen-bond donors (Lipinski definition) is 2. The van der Waals surface area contributed by atoms with Crippen LogP contribution in [0.15, 0.2) is 47.7 Å². The Hall–Kier alpha value is -2.34. The van der Waals surface area contributed by atoms with Gasteiger partial charge in [-0.25, -0.2) is 4.99 Å². The predicted molar refractivity (Wildman–Crippen MR) is 115 cm³/mol. The van der Waals surface area contributed by atoms with E-state index in [1.54, 1.807) is 6.20 Å². The maximum Gasteiger partial charge on any atom is 0.191 e. The lowest BCUT2D eigenvalue weighted by Crippen LogP contribution is -2.39. The summed E-state index contributed by atoms with van der Waals surface area (Å²) in [5, 5.41) is 11.0. The molecule has 0 aliphatic heterocycles. The molecule has 1 unspecified atom stereocenters. The Bertz CT molecular complexity index is 697. The molecule has 0 aliphatic rings. The Balaban J connectivity index is 1.90. The summed E-state index contributed by atoms with van der Waals surface area (Å²) in [4.78, 5) is 4.74. The van der Waals surface area contributed by atoms with Crippen LogP contribution in [0.3, 0.4) is 0 Å². The third kappa shape index (κ3) is 7.72. The first-order valence-electron chi connectivity index (χ1n) is 10.3. The van der Waals surface area contributed by atoms with Crippen LogP contribution in [0.25, 0.3) is 0 Å². The normalized spacial score (nSPS) is 13.0. The number of nitrogens with one attached hydrogen (secondary N) is 2. The van der Waals surface area contributed by atoms with E-state index in [1.165, 1.54) is 11.1 Å². The fourth-order valence-electron chi connectivity index (χ4n) is 3.08. The zero-order valence-corrected chi connectivity index (χ0v) is 17.7. The number of hydrogen-bond acceptors (Lipinski definition) is 3. The molecule has 0 spiro atoms. The lowest BCUT2D eigenvalue weighted by atomic mass is 10.0. The highest BCUT2D eigenvalue weighted by molar-refractivity contribution is 5.79. The highest BCUT2D eigenvalue weighted by Gasteiger charge is 2.12. The lowest BCUT2D eigenvalue weighted by Gasteiger charge is -2.21. The van der Waals surface area contributed by atoms with Crippen LogP contribution in [0.4, 0.5) is 0 Å². The van der Waals surface area contributed by atoms with Crippen molar-refractivity contribution in [3.8, 4) is 0 Å². The molecule has 154 valence electrons. The molecule has 2 aromatic rings. The second-order valence-corrected chi connectivity index (χ2v) is 7.17. The Morgan fingerprint density at radius 1 is 1.18 bits per heavy atom. The Morgan fingerprint density at radius 2 is 2.00 bits per heavy atom. The van der Waals surface area contributed by atoms with E-state index < -0.39 is 0 Å². The van der Waals surface area contributed by atoms with Crippen LogP contribution in [0, 0.1) is 5.92 Å². The highest BCUT2D eigenvalue weighted by Crippen LogP contribution is 2.10. The number of aliphatic imine (C=N–C) groups is 1. The minimum Gasteiger partial charge on any atom is -0.378 e. The van der Waals surface area contributed by atoms with Crippen molar-refractivity contribution in [3.63, 3.8) is 0 Å². The largest absolute Gasteiger partial charge is 0.378 e. The maximum atomic E-state index is 5.82. The summed E-state index contributed by atoms with van der Waals surface area (Å²) < 4.78 is 7.75. The van der Waals surface area contributed by atoms with Crippen molar-refractivity contribution in [1.29, 1.82) is 0 Å². The summed E-state index contributed by atoms with van der Waals surface area (Å²) in [7, 11) is 0. The molecule has 0 saturated carbocycles. The summed E-state index contributed by atoms with van der Waals surface area (Å²) in [5.74, 6) is 1.36. The molecule has 6 nitrogen and oxygen atoms in total. The quantitative estimate of drug-likeness (QED) is 0.459. The second-order valence-electron chi connectivity index (χ2n) is 7.17. The maximum absolute atomic E-state index is 5.82. The van der Waals surface area contributed by atoms with E-state index in [4.69, 9.17) is 9.73 Å². The number of aromatic nitrogens is 2. The average Bonchev–Trinajstić information content (AvgIpc) is 3.18. The van der Waals surface area contributed by atoms with Crippen molar-refractivity contribution in [3.05, 3.63) is 53.9 Å². The first-order valence-corrected chi connectivity index (χ1v) is 10.3. The summed E-state index contributed by atoms with van der Waals surface area (Å²) in [6.07, 6.45) is 5.03. The zero-order valence-electron chi connectivity index (χ0n) is 17.7. The fraction of sp³-hybridized carbons (Fsp3) is 0.545. The van der Waals surface area contributed by atoms with Crippen molar-refractivity contribution in [2.24, 2.45) is 10.9 Å². The Morgan fingerprint density at radius 3 is 2.68 bits per heavy atom. The van der Waals surface area contributed by atoms with E-state index in [2.05, 4.69) is 67.7 Å². The third-order valence-electron chi connectivity index (χ3n) is 4.50. The molecule has 1 heterocycles. The van der Waals surface area contributed by atoms with Crippen LogP contribution < -0.4 is 10.6 Å². The van der Waals surface area contributed by atoms with E-state index in [0.717, 1.165) is 38.6 Å². The molecule has 0 fully saturated rings. The molecule has 0 amide bonds. The first-order chi connectivity index (χ1) is 13.6. The summed E-state index contributed by atoms with van der Waals surface area (Å²) >= 11 is 0. The number of rotatable bonds is 11. The molecule has 2 rings (SSSR count). The van der Waals surface area contributed by atoms with E-state index in [0.29, 0.717) is 12.5 Å². The molecular formula is C22H35N5O. The van der Waals surface area contributed by atoms with Crippen molar-refractivity contribution in [2.75, 3.05) is 19.7 Å². The zero-order chi connectivity index (χ0) is 20.2. The average molecular weight is 386 g/mol. The van der Waals surface area contributed by atoms with Crippen LogP contribution in [-0.2, 0) is 17.8 Å². The minimum absolute atomic E-state index is 0.277. The Labute approximate surface area is 169 Å². The molecule has 0 aliphatic carbocycles. The first kappa shape index (κ1) is 22.0. The Kier molecular flexibility index (Phi) is 9.55. The molecule has 0 bridgehead atoms. The van der Waals surface area contributed by atoms with Crippen molar-refractivity contribution in [2.45, 2.75) is 53.3 Å². The van der Waals surface area contributed by atoms with E-state index in [9.17, 15) is 0 Å². The van der Waals surface area contributed by atoms with Crippen LogP contribution in [0.2, 0.25) is 0 Å². The number of nitrogens with zero attached hydrogens (tertiary/aromatic N) is 3. The molecule has 1 aromatic heterocycles. The van der Waals surface area contributed by atoms with Gasteiger partial charge in [-0.1, -0.05) is 38.1 Å². The third-order valence-corrected chi connectivity index (χ3v) is 4.50. The van der Waals surface area contributed by atoms with Crippen LogP contribution in [-0.4, -0.2) is 41.5 Å². The van der Waals surface area contributed by atoms with Gasteiger partial charge < -0.3 is 15.4 Å². The minimum atomic E-state index is 0.277. The topological polar surface area (TPSA) is 63.5 Å². The fourth-order valence-corrected chi connectivity index (χ4v) is 3.08. The standard InChI is InChI=1S/C22H35N5O/c1-5-23-22(24-13-11-21(18(3)4)28-6-2)25-16-19-9-7-10-20(15-19)17-27-14-8-12-26-27/h7-10,12,14-15,18,21H,5-6,11,13,16-17H2,1-4H3,(H2,23,24,25). The van der Waals surface area contributed by atoms with Gasteiger partial charge in [0.1, 0.15) is 0 Å². The molecule has 28 heavy (non-hydrogen) atoms. The summed E-state index contributed by atoms with van der Waals surface area (Å²) in [5.41, 5.74) is 2.42. The summed E-state index contributed by atoms with van der Waals surface area (Å²) in [6.45, 7) is 12.4. The molecule has 0 saturated heterocycles.